The zero-order valence-electron chi connectivity index (χ0n) is 14.3. The Balaban J connectivity index is 1.40. The smallest absolute Gasteiger partial charge is 0.256 e. The summed E-state index contributed by atoms with van der Waals surface area (Å²) in [4.78, 5) is 16.0. The molecule has 2 aromatic heterocycles. The Morgan fingerprint density at radius 1 is 1.00 bits per heavy atom. The van der Waals surface area contributed by atoms with E-state index in [-0.39, 0.29) is 5.56 Å². The Morgan fingerprint density at radius 2 is 1.81 bits per heavy atom. The van der Waals surface area contributed by atoms with Crippen molar-refractivity contribution in [2.75, 3.05) is 31.1 Å². The third-order valence-corrected chi connectivity index (χ3v) is 4.48. The van der Waals surface area contributed by atoms with Crippen LogP contribution in [0.2, 0.25) is 0 Å². The molecule has 1 aliphatic heterocycles. The summed E-state index contributed by atoms with van der Waals surface area (Å²) in [6.45, 7) is 1.92. The van der Waals surface area contributed by atoms with Gasteiger partial charge in [-0.25, -0.2) is 8.78 Å². The van der Waals surface area contributed by atoms with Crippen LogP contribution in [0.3, 0.4) is 0 Å². The van der Waals surface area contributed by atoms with Crippen molar-refractivity contribution in [2.24, 2.45) is 0 Å². The average Bonchev–Trinajstić information content (AvgIpc) is 3.23. The average molecular weight is 370 g/mol. The lowest BCUT2D eigenvalue weighted by atomic mass is 10.1. The Kier molecular flexibility index (Phi) is 4.53. The van der Waals surface area contributed by atoms with Gasteiger partial charge in [-0.15, -0.1) is 10.2 Å². The first-order valence-corrected chi connectivity index (χ1v) is 8.49. The molecule has 1 saturated heterocycles. The van der Waals surface area contributed by atoms with Crippen LogP contribution in [0.4, 0.5) is 14.6 Å². The van der Waals surface area contributed by atoms with Crippen molar-refractivity contribution < 1.29 is 18.0 Å². The number of carbonyl (C=O) groups excluding carboxylic acids is 1. The first-order chi connectivity index (χ1) is 13.1. The second-order valence-corrected chi connectivity index (χ2v) is 6.16. The number of furan rings is 1. The van der Waals surface area contributed by atoms with E-state index in [0.717, 1.165) is 12.1 Å². The van der Waals surface area contributed by atoms with Crippen LogP contribution in [-0.4, -0.2) is 47.2 Å². The molecule has 1 fully saturated rings. The van der Waals surface area contributed by atoms with Crippen LogP contribution < -0.4 is 4.90 Å². The maximum atomic E-state index is 13.8. The van der Waals surface area contributed by atoms with Crippen molar-refractivity contribution in [3.05, 3.63) is 65.9 Å². The van der Waals surface area contributed by atoms with Crippen molar-refractivity contribution in [3.8, 4) is 11.5 Å². The van der Waals surface area contributed by atoms with Crippen LogP contribution in [0.15, 0.2) is 53.1 Å². The zero-order chi connectivity index (χ0) is 18.8. The molecule has 0 atom stereocenters. The van der Waals surface area contributed by atoms with Crippen LogP contribution >= 0.6 is 0 Å². The third kappa shape index (κ3) is 3.51. The van der Waals surface area contributed by atoms with Gasteiger partial charge in [0.2, 0.25) is 0 Å². The van der Waals surface area contributed by atoms with Crippen LogP contribution in [0.25, 0.3) is 11.5 Å². The van der Waals surface area contributed by atoms with Gasteiger partial charge in [0, 0.05) is 32.2 Å². The fourth-order valence-corrected chi connectivity index (χ4v) is 3.02. The van der Waals surface area contributed by atoms with Crippen molar-refractivity contribution in [1.29, 1.82) is 0 Å². The summed E-state index contributed by atoms with van der Waals surface area (Å²) >= 11 is 0. The number of piperazine rings is 1. The van der Waals surface area contributed by atoms with E-state index in [1.807, 2.05) is 23.1 Å². The molecule has 1 aliphatic rings. The molecule has 1 amide bonds. The lowest BCUT2D eigenvalue weighted by Crippen LogP contribution is -2.49. The molecule has 27 heavy (non-hydrogen) atoms. The highest BCUT2D eigenvalue weighted by atomic mass is 19.1. The maximum absolute atomic E-state index is 13.8. The Labute approximate surface area is 154 Å². The number of anilines is 1. The number of nitrogens with zero attached hydrogens (tertiary/aromatic N) is 4. The summed E-state index contributed by atoms with van der Waals surface area (Å²) < 4.78 is 32.1. The summed E-state index contributed by atoms with van der Waals surface area (Å²) in [7, 11) is 0. The highest BCUT2D eigenvalue weighted by molar-refractivity contribution is 5.94. The van der Waals surface area contributed by atoms with Gasteiger partial charge in [-0.1, -0.05) is 0 Å². The van der Waals surface area contributed by atoms with E-state index in [1.54, 1.807) is 17.2 Å². The van der Waals surface area contributed by atoms with Crippen molar-refractivity contribution >= 4 is 11.7 Å². The standard InChI is InChI=1S/C19H16F2N4O2/c20-13-3-4-14(15(21)12-13)19(26)25-9-7-24(8-10-25)18-6-5-16(22-23-18)17-2-1-11-27-17/h1-6,11-12H,7-10H2. The molecule has 4 rings (SSSR count). The molecule has 0 bridgehead atoms. The van der Waals surface area contributed by atoms with E-state index in [2.05, 4.69) is 10.2 Å². The van der Waals surface area contributed by atoms with Gasteiger partial charge >= 0.3 is 0 Å². The van der Waals surface area contributed by atoms with Crippen molar-refractivity contribution in [2.45, 2.75) is 0 Å². The van der Waals surface area contributed by atoms with Crippen LogP contribution in [0.5, 0.6) is 0 Å². The molecular formula is C19H16F2N4O2. The van der Waals surface area contributed by atoms with Gasteiger partial charge in [-0.2, -0.15) is 0 Å². The molecule has 0 N–H and O–H groups in total. The predicted octanol–water partition coefficient (Wildman–Crippen LogP) is 2.98. The molecule has 6 nitrogen and oxygen atoms in total. The van der Waals surface area contributed by atoms with Gasteiger partial charge in [-0.05, 0) is 36.4 Å². The Morgan fingerprint density at radius 3 is 2.44 bits per heavy atom. The minimum absolute atomic E-state index is 0.118. The number of halogens is 2. The molecule has 0 spiro atoms. The van der Waals surface area contributed by atoms with Crippen LogP contribution in [0, 0.1) is 11.6 Å². The molecule has 0 saturated carbocycles. The maximum Gasteiger partial charge on any atom is 0.256 e. The lowest BCUT2D eigenvalue weighted by Gasteiger charge is -2.35. The lowest BCUT2D eigenvalue weighted by molar-refractivity contribution is 0.0741. The first-order valence-electron chi connectivity index (χ1n) is 8.49. The highest BCUT2D eigenvalue weighted by Crippen LogP contribution is 2.20. The minimum Gasteiger partial charge on any atom is -0.463 e. The summed E-state index contributed by atoms with van der Waals surface area (Å²) in [5.74, 6) is -0.644. The van der Waals surface area contributed by atoms with E-state index in [4.69, 9.17) is 4.42 Å². The number of benzene rings is 1. The highest BCUT2D eigenvalue weighted by Gasteiger charge is 2.25. The van der Waals surface area contributed by atoms with E-state index < -0.39 is 17.5 Å². The van der Waals surface area contributed by atoms with E-state index in [0.29, 0.717) is 43.5 Å². The van der Waals surface area contributed by atoms with Gasteiger partial charge < -0.3 is 14.2 Å². The summed E-state index contributed by atoms with van der Waals surface area (Å²) in [6.07, 6.45) is 1.57. The molecule has 3 aromatic rings. The van der Waals surface area contributed by atoms with E-state index in [9.17, 15) is 13.6 Å². The second-order valence-electron chi connectivity index (χ2n) is 6.16. The fourth-order valence-electron chi connectivity index (χ4n) is 3.02. The summed E-state index contributed by atoms with van der Waals surface area (Å²) in [6, 6.07) is 10.3. The van der Waals surface area contributed by atoms with Crippen LogP contribution in [0.1, 0.15) is 10.4 Å². The fraction of sp³-hybridized carbons (Fsp3) is 0.211. The van der Waals surface area contributed by atoms with E-state index in [1.165, 1.54) is 6.07 Å². The number of amides is 1. The second kappa shape index (κ2) is 7.14. The number of rotatable bonds is 3. The Bertz CT molecular complexity index is 937. The van der Waals surface area contributed by atoms with Gasteiger partial charge in [-0.3, -0.25) is 4.79 Å². The van der Waals surface area contributed by atoms with E-state index >= 15 is 0 Å². The molecule has 0 unspecified atom stereocenters. The normalized spacial score (nSPS) is 14.4. The molecule has 8 heteroatoms. The van der Waals surface area contributed by atoms with Gasteiger partial charge in [0.1, 0.15) is 17.3 Å². The quantitative estimate of drug-likeness (QED) is 0.709. The zero-order valence-corrected chi connectivity index (χ0v) is 14.3. The monoisotopic (exact) mass is 370 g/mol. The molecular weight excluding hydrogens is 354 g/mol. The number of hydrogen-bond donors (Lipinski definition) is 0. The predicted molar refractivity (Wildman–Crippen MR) is 94.2 cm³/mol. The number of aromatic nitrogens is 2. The molecule has 3 heterocycles. The topological polar surface area (TPSA) is 62.5 Å². The van der Waals surface area contributed by atoms with Crippen molar-refractivity contribution in [1.82, 2.24) is 15.1 Å². The van der Waals surface area contributed by atoms with Gasteiger partial charge in [0.05, 0.1) is 11.8 Å². The summed E-state index contributed by atoms with van der Waals surface area (Å²) in [5.41, 5.74) is 0.525. The summed E-state index contributed by atoms with van der Waals surface area (Å²) in [5, 5.41) is 8.39. The molecule has 0 radical (unpaired) electrons. The Hall–Kier alpha value is -3.29. The minimum atomic E-state index is -0.846. The van der Waals surface area contributed by atoms with Crippen molar-refractivity contribution in [3.63, 3.8) is 0 Å². The molecule has 0 aliphatic carbocycles. The first kappa shape index (κ1) is 17.1. The molecule has 1 aromatic carbocycles. The number of carbonyl (C=O) groups is 1. The largest absolute Gasteiger partial charge is 0.463 e. The molecule has 138 valence electrons. The SMILES string of the molecule is O=C(c1ccc(F)cc1F)N1CCN(c2ccc(-c3ccco3)nn2)CC1. The van der Waals surface area contributed by atoms with Crippen LogP contribution in [-0.2, 0) is 0 Å². The number of hydrogen-bond acceptors (Lipinski definition) is 5. The van der Waals surface area contributed by atoms with Gasteiger partial charge in [0.15, 0.2) is 11.6 Å². The van der Waals surface area contributed by atoms with Gasteiger partial charge in [0.25, 0.3) is 5.91 Å². The third-order valence-electron chi connectivity index (χ3n) is 4.48.